The van der Waals surface area contributed by atoms with Crippen LogP contribution < -0.4 is 0 Å². The standard InChI is InChI=1S/C26H29N3O4/c1-14-12-18(15(2)28-14)10-11-33-26(31)23-17(4)29-16(3)22(25(30)32-5)24(23)20-13-27-21-9-7-6-8-19(20)21/h6-9,12-13,22,24,27-28H,10-11H2,1-5H3. The molecule has 2 atom stereocenters. The monoisotopic (exact) mass is 447 g/mol. The van der Waals surface area contributed by atoms with Crippen molar-refractivity contribution in [3.8, 4) is 0 Å². The van der Waals surface area contributed by atoms with Gasteiger partial charge in [-0.2, -0.15) is 0 Å². The quantitative estimate of drug-likeness (QED) is 0.543. The molecule has 2 N–H and O–H groups in total. The predicted octanol–water partition coefficient (Wildman–Crippen LogP) is 4.52. The summed E-state index contributed by atoms with van der Waals surface area (Å²) in [6.45, 7) is 7.82. The highest BCUT2D eigenvalue weighted by Crippen LogP contribution is 2.42. The Bertz CT molecular complexity index is 1280. The largest absolute Gasteiger partial charge is 0.468 e. The number of para-hydroxylation sites is 1. The third-order valence-electron chi connectivity index (χ3n) is 6.32. The second kappa shape index (κ2) is 9.10. The van der Waals surface area contributed by atoms with Crippen molar-refractivity contribution in [2.45, 2.75) is 40.0 Å². The summed E-state index contributed by atoms with van der Waals surface area (Å²) in [6.07, 6.45) is 2.46. The van der Waals surface area contributed by atoms with E-state index in [0.29, 0.717) is 23.4 Å². The lowest BCUT2D eigenvalue weighted by atomic mass is 9.75. The number of esters is 2. The van der Waals surface area contributed by atoms with Gasteiger partial charge in [0.15, 0.2) is 0 Å². The van der Waals surface area contributed by atoms with Crippen LogP contribution in [0.3, 0.4) is 0 Å². The van der Waals surface area contributed by atoms with E-state index in [1.807, 2.05) is 44.3 Å². The number of aromatic nitrogens is 2. The van der Waals surface area contributed by atoms with E-state index in [1.165, 1.54) is 7.11 Å². The minimum atomic E-state index is -0.713. The van der Waals surface area contributed by atoms with Crippen molar-refractivity contribution in [2.24, 2.45) is 10.9 Å². The maximum atomic E-state index is 13.4. The molecule has 0 bridgehead atoms. The number of aliphatic imine (C=N–C) groups is 1. The van der Waals surface area contributed by atoms with Gasteiger partial charge in [0.25, 0.3) is 0 Å². The molecule has 33 heavy (non-hydrogen) atoms. The topological polar surface area (TPSA) is 96.5 Å². The number of nitrogens with one attached hydrogen (secondary N) is 2. The molecular weight excluding hydrogens is 418 g/mol. The lowest BCUT2D eigenvalue weighted by Crippen LogP contribution is -2.36. The summed E-state index contributed by atoms with van der Waals surface area (Å²) >= 11 is 0. The third kappa shape index (κ3) is 4.23. The van der Waals surface area contributed by atoms with Crippen LogP contribution in [-0.4, -0.2) is 41.3 Å². The maximum Gasteiger partial charge on any atom is 0.336 e. The molecule has 7 heteroatoms. The second-order valence-electron chi connectivity index (χ2n) is 8.51. The number of nitrogens with zero attached hydrogens (tertiary/aromatic N) is 1. The Morgan fingerprint density at radius 2 is 1.88 bits per heavy atom. The number of aryl methyl sites for hydroxylation is 2. The number of rotatable bonds is 6. The molecule has 3 aromatic rings. The van der Waals surface area contributed by atoms with Crippen molar-refractivity contribution >= 4 is 28.6 Å². The average Bonchev–Trinajstić information content (AvgIpc) is 3.34. The van der Waals surface area contributed by atoms with Crippen LogP contribution in [0.2, 0.25) is 0 Å². The Morgan fingerprint density at radius 1 is 1.12 bits per heavy atom. The molecule has 2 unspecified atom stereocenters. The molecule has 0 aliphatic carbocycles. The predicted molar refractivity (Wildman–Crippen MR) is 127 cm³/mol. The number of benzene rings is 1. The Morgan fingerprint density at radius 3 is 2.58 bits per heavy atom. The van der Waals surface area contributed by atoms with Crippen molar-refractivity contribution < 1.29 is 19.1 Å². The summed E-state index contributed by atoms with van der Waals surface area (Å²) in [5.74, 6) is -2.16. The van der Waals surface area contributed by atoms with Crippen LogP contribution >= 0.6 is 0 Å². The number of ether oxygens (including phenoxy) is 2. The number of fused-ring (bicyclic) bond motifs is 1. The van der Waals surface area contributed by atoms with E-state index < -0.39 is 23.8 Å². The van der Waals surface area contributed by atoms with Crippen LogP contribution in [-0.2, 0) is 25.5 Å². The first-order chi connectivity index (χ1) is 15.8. The fourth-order valence-corrected chi connectivity index (χ4v) is 4.79. The molecule has 4 rings (SSSR count). The van der Waals surface area contributed by atoms with E-state index in [1.54, 1.807) is 13.8 Å². The van der Waals surface area contributed by atoms with Gasteiger partial charge in [-0.15, -0.1) is 0 Å². The summed E-state index contributed by atoms with van der Waals surface area (Å²) in [7, 11) is 1.35. The minimum Gasteiger partial charge on any atom is -0.468 e. The molecular formula is C26H29N3O4. The van der Waals surface area contributed by atoms with E-state index in [9.17, 15) is 9.59 Å². The van der Waals surface area contributed by atoms with Crippen LogP contribution in [0.15, 0.2) is 52.8 Å². The molecule has 1 aromatic carbocycles. The van der Waals surface area contributed by atoms with Gasteiger partial charge in [-0.25, -0.2) is 4.79 Å². The number of carbonyl (C=O) groups is 2. The smallest absolute Gasteiger partial charge is 0.336 e. The van der Waals surface area contributed by atoms with E-state index in [2.05, 4.69) is 21.0 Å². The van der Waals surface area contributed by atoms with Gasteiger partial charge in [0.2, 0.25) is 0 Å². The zero-order valence-electron chi connectivity index (χ0n) is 19.6. The third-order valence-corrected chi connectivity index (χ3v) is 6.32. The van der Waals surface area contributed by atoms with Crippen LogP contribution in [0.1, 0.15) is 42.3 Å². The molecule has 1 aliphatic rings. The Labute approximate surface area is 192 Å². The van der Waals surface area contributed by atoms with Crippen LogP contribution in [0.5, 0.6) is 0 Å². The molecule has 1 aliphatic heterocycles. The van der Waals surface area contributed by atoms with Crippen molar-refractivity contribution in [1.29, 1.82) is 0 Å². The molecule has 3 heterocycles. The van der Waals surface area contributed by atoms with Crippen molar-refractivity contribution in [1.82, 2.24) is 9.97 Å². The Balaban J connectivity index is 1.69. The second-order valence-corrected chi connectivity index (χ2v) is 8.51. The molecule has 2 aromatic heterocycles. The summed E-state index contributed by atoms with van der Waals surface area (Å²) in [5.41, 5.74) is 6.60. The van der Waals surface area contributed by atoms with Gasteiger partial charge in [0, 0.05) is 52.2 Å². The van der Waals surface area contributed by atoms with Crippen LogP contribution in [0.25, 0.3) is 10.9 Å². The number of H-pyrrole nitrogens is 2. The molecule has 7 nitrogen and oxygen atoms in total. The maximum absolute atomic E-state index is 13.4. The van der Waals surface area contributed by atoms with Gasteiger partial charge in [-0.1, -0.05) is 18.2 Å². The highest BCUT2D eigenvalue weighted by atomic mass is 16.5. The van der Waals surface area contributed by atoms with Gasteiger partial charge < -0.3 is 19.4 Å². The Hall–Kier alpha value is -3.61. The summed E-state index contributed by atoms with van der Waals surface area (Å²) < 4.78 is 10.8. The van der Waals surface area contributed by atoms with E-state index >= 15 is 0 Å². The van der Waals surface area contributed by atoms with Gasteiger partial charge in [-0.3, -0.25) is 9.79 Å². The van der Waals surface area contributed by atoms with E-state index in [4.69, 9.17) is 9.47 Å². The number of hydrogen-bond donors (Lipinski definition) is 2. The fourth-order valence-electron chi connectivity index (χ4n) is 4.79. The highest BCUT2D eigenvalue weighted by Gasteiger charge is 2.43. The van der Waals surface area contributed by atoms with E-state index in [-0.39, 0.29) is 6.61 Å². The zero-order valence-corrected chi connectivity index (χ0v) is 19.6. The highest BCUT2D eigenvalue weighted by molar-refractivity contribution is 6.07. The summed E-state index contributed by atoms with van der Waals surface area (Å²) in [4.78, 5) is 37.3. The van der Waals surface area contributed by atoms with Gasteiger partial charge >= 0.3 is 11.9 Å². The van der Waals surface area contributed by atoms with Gasteiger partial charge in [0.05, 0.1) is 19.3 Å². The first kappa shape index (κ1) is 22.6. The number of methoxy groups -OCH3 is 1. The number of carbonyl (C=O) groups excluding carboxylic acids is 2. The number of aromatic amines is 2. The molecule has 0 saturated heterocycles. The van der Waals surface area contributed by atoms with E-state index in [0.717, 1.165) is 33.4 Å². The lowest BCUT2D eigenvalue weighted by molar-refractivity contribution is -0.144. The summed E-state index contributed by atoms with van der Waals surface area (Å²) in [5, 5.41) is 0.947. The van der Waals surface area contributed by atoms with Crippen molar-refractivity contribution in [3.63, 3.8) is 0 Å². The van der Waals surface area contributed by atoms with Gasteiger partial charge in [-0.05, 0) is 51.0 Å². The molecule has 0 radical (unpaired) electrons. The van der Waals surface area contributed by atoms with Crippen molar-refractivity contribution in [2.75, 3.05) is 13.7 Å². The minimum absolute atomic E-state index is 0.236. The fraction of sp³-hybridized carbons (Fsp3) is 0.346. The number of hydrogen-bond acceptors (Lipinski definition) is 5. The normalized spacial score (nSPS) is 18.4. The first-order valence-electron chi connectivity index (χ1n) is 11.0. The molecule has 0 spiro atoms. The summed E-state index contributed by atoms with van der Waals surface area (Å²) in [6, 6.07) is 9.88. The molecule has 172 valence electrons. The molecule has 0 amide bonds. The molecule has 0 saturated carbocycles. The Kier molecular flexibility index (Phi) is 6.22. The van der Waals surface area contributed by atoms with Crippen molar-refractivity contribution in [3.05, 3.63) is 70.3 Å². The first-order valence-corrected chi connectivity index (χ1v) is 11.0. The lowest BCUT2D eigenvalue weighted by Gasteiger charge is -2.31. The average molecular weight is 448 g/mol. The molecule has 0 fully saturated rings. The zero-order chi connectivity index (χ0) is 23.7. The van der Waals surface area contributed by atoms with Gasteiger partial charge in [0.1, 0.15) is 5.92 Å². The SMILES string of the molecule is COC(=O)C1C(C)=NC(C)=C(C(=O)OCCc2cc(C)[nH]c2C)C1c1c[nH]c2ccccc12. The van der Waals surface area contributed by atoms with Crippen LogP contribution in [0, 0.1) is 19.8 Å². The number of allylic oxidation sites excluding steroid dienone is 1. The van der Waals surface area contributed by atoms with Crippen LogP contribution in [0.4, 0.5) is 0 Å².